The van der Waals surface area contributed by atoms with Crippen LogP contribution in [0, 0.1) is 11.3 Å². The molecule has 2 N–H and O–H groups in total. The van der Waals surface area contributed by atoms with Crippen LogP contribution >= 0.6 is 0 Å². The van der Waals surface area contributed by atoms with Crippen molar-refractivity contribution in [3.05, 3.63) is 35.4 Å². The topological polar surface area (TPSA) is 49.8 Å². The Morgan fingerprint density at radius 3 is 2.85 bits per heavy atom. The number of benzene rings is 1. The van der Waals surface area contributed by atoms with E-state index in [4.69, 9.17) is 11.0 Å². The van der Waals surface area contributed by atoms with Crippen LogP contribution in [-0.2, 0) is 6.42 Å². The lowest BCUT2D eigenvalue weighted by Gasteiger charge is -2.00. The van der Waals surface area contributed by atoms with Gasteiger partial charge in [0.25, 0.3) is 0 Å². The van der Waals surface area contributed by atoms with Gasteiger partial charge in [-0.1, -0.05) is 12.1 Å². The molecule has 1 rings (SSSR count). The van der Waals surface area contributed by atoms with Crippen LogP contribution < -0.4 is 5.73 Å². The standard InChI is InChI=1S/C11H14N2/c12-7-2-1-4-10-5-3-6-11(8-10)9-13/h3,5-6,8H,1-2,4,7,12H2. The summed E-state index contributed by atoms with van der Waals surface area (Å²) < 4.78 is 0. The number of aryl methyl sites for hydroxylation is 1. The molecule has 13 heavy (non-hydrogen) atoms. The van der Waals surface area contributed by atoms with E-state index in [9.17, 15) is 0 Å². The predicted molar refractivity (Wildman–Crippen MR) is 53.1 cm³/mol. The van der Waals surface area contributed by atoms with Crippen molar-refractivity contribution in [1.82, 2.24) is 0 Å². The Hall–Kier alpha value is -1.33. The average molecular weight is 174 g/mol. The summed E-state index contributed by atoms with van der Waals surface area (Å²) in [4.78, 5) is 0. The van der Waals surface area contributed by atoms with Crippen LogP contribution in [0.2, 0.25) is 0 Å². The molecule has 0 fully saturated rings. The molecular formula is C11H14N2. The van der Waals surface area contributed by atoms with E-state index >= 15 is 0 Å². The first-order valence-electron chi connectivity index (χ1n) is 4.56. The van der Waals surface area contributed by atoms with E-state index < -0.39 is 0 Å². The SMILES string of the molecule is N#Cc1cccc(CCCCN)c1. The number of hydrogen-bond acceptors (Lipinski definition) is 2. The average Bonchev–Trinajstić information content (AvgIpc) is 2.19. The molecule has 2 nitrogen and oxygen atoms in total. The van der Waals surface area contributed by atoms with Gasteiger partial charge in [-0.05, 0) is 43.5 Å². The molecule has 2 heteroatoms. The monoisotopic (exact) mass is 174 g/mol. The quantitative estimate of drug-likeness (QED) is 0.708. The second-order valence-electron chi connectivity index (χ2n) is 3.06. The zero-order chi connectivity index (χ0) is 9.52. The Morgan fingerprint density at radius 2 is 2.15 bits per heavy atom. The molecule has 0 atom stereocenters. The minimum Gasteiger partial charge on any atom is -0.330 e. The molecule has 0 aliphatic heterocycles. The van der Waals surface area contributed by atoms with Gasteiger partial charge in [-0.15, -0.1) is 0 Å². The first-order chi connectivity index (χ1) is 6.36. The Balaban J connectivity index is 2.52. The first kappa shape index (κ1) is 9.76. The Labute approximate surface area is 79.0 Å². The lowest BCUT2D eigenvalue weighted by molar-refractivity contribution is 0.745. The minimum absolute atomic E-state index is 0.741. The van der Waals surface area contributed by atoms with Gasteiger partial charge in [0.15, 0.2) is 0 Å². The summed E-state index contributed by atoms with van der Waals surface area (Å²) in [6.07, 6.45) is 3.18. The van der Waals surface area contributed by atoms with Crippen LogP contribution in [0.4, 0.5) is 0 Å². The zero-order valence-electron chi connectivity index (χ0n) is 7.66. The van der Waals surface area contributed by atoms with Gasteiger partial charge in [-0.25, -0.2) is 0 Å². The van der Waals surface area contributed by atoms with Crippen molar-refractivity contribution in [3.8, 4) is 6.07 Å². The Morgan fingerprint density at radius 1 is 1.31 bits per heavy atom. The van der Waals surface area contributed by atoms with Gasteiger partial charge in [0.2, 0.25) is 0 Å². The van der Waals surface area contributed by atoms with Crippen molar-refractivity contribution < 1.29 is 0 Å². The molecule has 0 aromatic heterocycles. The van der Waals surface area contributed by atoms with Gasteiger partial charge in [-0.3, -0.25) is 0 Å². The fraction of sp³-hybridized carbons (Fsp3) is 0.364. The van der Waals surface area contributed by atoms with Crippen molar-refractivity contribution in [2.45, 2.75) is 19.3 Å². The summed E-state index contributed by atoms with van der Waals surface area (Å²) in [6.45, 7) is 0.748. The molecule has 0 unspecified atom stereocenters. The molecule has 0 bridgehead atoms. The lowest BCUT2D eigenvalue weighted by atomic mass is 10.1. The number of nitrogens with two attached hydrogens (primary N) is 1. The summed E-state index contributed by atoms with van der Waals surface area (Å²) in [6, 6.07) is 9.88. The third-order valence-electron chi connectivity index (χ3n) is 1.98. The summed E-state index contributed by atoms with van der Waals surface area (Å²) in [5, 5.41) is 8.66. The second-order valence-corrected chi connectivity index (χ2v) is 3.06. The third-order valence-corrected chi connectivity index (χ3v) is 1.98. The number of nitrogens with zero attached hydrogens (tertiary/aromatic N) is 1. The minimum atomic E-state index is 0.741. The highest BCUT2D eigenvalue weighted by Crippen LogP contribution is 2.07. The highest BCUT2D eigenvalue weighted by atomic mass is 14.5. The fourth-order valence-corrected chi connectivity index (χ4v) is 1.27. The number of rotatable bonds is 4. The molecule has 0 saturated heterocycles. The Kier molecular flexibility index (Phi) is 4.01. The van der Waals surface area contributed by atoms with E-state index in [0.29, 0.717) is 0 Å². The fourth-order valence-electron chi connectivity index (χ4n) is 1.27. The van der Waals surface area contributed by atoms with E-state index in [-0.39, 0.29) is 0 Å². The van der Waals surface area contributed by atoms with Gasteiger partial charge >= 0.3 is 0 Å². The molecule has 0 spiro atoms. The Bertz CT molecular complexity index is 299. The van der Waals surface area contributed by atoms with Crippen molar-refractivity contribution in [2.24, 2.45) is 5.73 Å². The van der Waals surface area contributed by atoms with E-state index in [1.807, 2.05) is 18.2 Å². The molecular weight excluding hydrogens is 160 g/mol. The summed E-state index contributed by atoms with van der Waals surface area (Å²) in [5.74, 6) is 0. The van der Waals surface area contributed by atoms with Crippen LogP contribution in [0.5, 0.6) is 0 Å². The number of unbranched alkanes of at least 4 members (excludes halogenated alkanes) is 1. The lowest BCUT2D eigenvalue weighted by Crippen LogP contribution is -1.98. The molecule has 0 radical (unpaired) electrons. The zero-order valence-corrected chi connectivity index (χ0v) is 7.66. The highest BCUT2D eigenvalue weighted by molar-refractivity contribution is 5.32. The van der Waals surface area contributed by atoms with Crippen LogP contribution in [0.3, 0.4) is 0 Å². The van der Waals surface area contributed by atoms with Crippen molar-refractivity contribution in [2.75, 3.05) is 6.54 Å². The maximum atomic E-state index is 8.66. The maximum absolute atomic E-state index is 8.66. The normalized spacial score (nSPS) is 9.54. The van der Waals surface area contributed by atoms with E-state index in [2.05, 4.69) is 12.1 Å². The van der Waals surface area contributed by atoms with Gasteiger partial charge in [0.05, 0.1) is 11.6 Å². The molecule has 1 aromatic carbocycles. The molecule has 0 amide bonds. The van der Waals surface area contributed by atoms with Crippen molar-refractivity contribution in [1.29, 1.82) is 5.26 Å². The van der Waals surface area contributed by atoms with Gasteiger partial charge in [0, 0.05) is 0 Å². The first-order valence-corrected chi connectivity index (χ1v) is 4.56. The highest BCUT2D eigenvalue weighted by Gasteiger charge is 1.94. The summed E-state index contributed by atoms with van der Waals surface area (Å²) >= 11 is 0. The number of nitriles is 1. The second kappa shape index (κ2) is 5.34. The number of hydrogen-bond donors (Lipinski definition) is 1. The van der Waals surface area contributed by atoms with E-state index in [1.54, 1.807) is 0 Å². The van der Waals surface area contributed by atoms with Gasteiger partial charge in [-0.2, -0.15) is 5.26 Å². The molecule has 0 heterocycles. The third kappa shape index (κ3) is 3.27. The molecule has 0 aliphatic rings. The predicted octanol–water partition coefficient (Wildman–Crippen LogP) is 1.84. The van der Waals surface area contributed by atoms with Crippen LogP contribution in [0.25, 0.3) is 0 Å². The molecule has 0 aliphatic carbocycles. The van der Waals surface area contributed by atoms with Crippen molar-refractivity contribution in [3.63, 3.8) is 0 Å². The smallest absolute Gasteiger partial charge is 0.0991 e. The van der Waals surface area contributed by atoms with Gasteiger partial charge < -0.3 is 5.73 Å². The molecule has 0 saturated carbocycles. The summed E-state index contributed by atoms with van der Waals surface area (Å²) in [7, 11) is 0. The maximum Gasteiger partial charge on any atom is 0.0991 e. The molecule has 1 aromatic rings. The molecule has 68 valence electrons. The van der Waals surface area contributed by atoms with Crippen LogP contribution in [0.15, 0.2) is 24.3 Å². The van der Waals surface area contributed by atoms with E-state index in [1.165, 1.54) is 5.56 Å². The van der Waals surface area contributed by atoms with Crippen LogP contribution in [0.1, 0.15) is 24.0 Å². The van der Waals surface area contributed by atoms with Crippen LogP contribution in [-0.4, -0.2) is 6.54 Å². The van der Waals surface area contributed by atoms with Gasteiger partial charge in [0.1, 0.15) is 0 Å². The van der Waals surface area contributed by atoms with E-state index in [0.717, 1.165) is 31.4 Å². The summed E-state index contributed by atoms with van der Waals surface area (Å²) in [5.41, 5.74) is 7.37. The largest absolute Gasteiger partial charge is 0.330 e. The van der Waals surface area contributed by atoms with Crippen molar-refractivity contribution >= 4 is 0 Å².